The topological polar surface area (TPSA) is 93.4 Å². The molecule has 0 bridgehead atoms. The van der Waals surface area contributed by atoms with Gasteiger partial charge in [-0.2, -0.15) is 0 Å². The number of hydrogen-bond donors (Lipinski definition) is 3. The minimum Gasteiger partial charge on any atom is -0.491 e. The van der Waals surface area contributed by atoms with Crippen molar-refractivity contribution in [1.29, 1.82) is 0 Å². The number of nitrogens with one attached hydrogen (secondary N) is 2. The average Bonchev–Trinajstić information content (AvgIpc) is 2.37. The van der Waals surface area contributed by atoms with Crippen LogP contribution < -0.4 is 21.1 Å². The molecule has 0 unspecified atom stereocenters. The second kappa shape index (κ2) is 7.59. The number of nitrogens with two attached hydrogens (primary N) is 1. The first-order valence-electron chi connectivity index (χ1n) is 6.23. The van der Waals surface area contributed by atoms with Gasteiger partial charge in [0.05, 0.1) is 12.3 Å². The molecule has 1 aromatic carbocycles. The van der Waals surface area contributed by atoms with Crippen LogP contribution in [0.15, 0.2) is 18.2 Å². The first kappa shape index (κ1) is 16.1. The molecule has 110 valence electrons. The van der Waals surface area contributed by atoms with E-state index in [1.165, 1.54) is 0 Å². The molecule has 1 aromatic rings. The molecule has 6 nitrogen and oxygen atoms in total. The Hall–Kier alpha value is -1.95. The van der Waals surface area contributed by atoms with Crippen molar-refractivity contribution < 1.29 is 14.3 Å². The monoisotopic (exact) mass is 299 g/mol. The van der Waals surface area contributed by atoms with E-state index in [9.17, 15) is 9.59 Å². The average molecular weight is 300 g/mol. The number of benzene rings is 1. The highest BCUT2D eigenvalue weighted by atomic mass is 35.5. The lowest BCUT2D eigenvalue weighted by atomic mass is 10.2. The summed E-state index contributed by atoms with van der Waals surface area (Å²) in [6.45, 7) is 4.15. The standard InChI is InChI=1S/C13H18ClN3O3/c1-3-6-20-11-5-4-9(14)7-10(11)16-8(2)12(18)17-13(15)19/h4-5,7-8,16H,3,6H2,1-2H3,(H3,15,17,18,19)/t8-/m1/s1. The number of halogens is 1. The van der Waals surface area contributed by atoms with Gasteiger partial charge in [-0.25, -0.2) is 4.79 Å². The Kier molecular flexibility index (Phi) is 6.11. The van der Waals surface area contributed by atoms with Gasteiger partial charge in [-0.3, -0.25) is 10.1 Å². The molecule has 1 rings (SSSR count). The summed E-state index contributed by atoms with van der Waals surface area (Å²) >= 11 is 5.93. The van der Waals surface area contributed by atoms with Crippen LogP contribution in [-0.4, -0.2) is 24.6 Å². The number of anilines is 1. The quantitative estimate of drug-likeness (QED) is 0.750. The van der Waals surface area contributed by atoms with Crippen LogP contribution in [0.4, 0.5) is 10.5 Å². The van der Waals surface area contributed by atoms with Gasteiger partial charge in [-0.05, 0) is 31.5 Å². The largest absolute Gasteiger partial charge is 0.491 e. The summed E-state index contributed by atoms with van der Waals surface area (Å²) in [4.78, 5) is 22.3. The number of primary amides is 1. The van der Waals surface area contributed by atoms with E-state index in [0.717, 1.165) is 6.42 Å². The zero-order chi connectivity index (χ0) is 15.1. The number of carbonyl (C=O) groups excluding carboxylic acids is 2. The van der Waals surface area contributed by atoms with Crippen LogP contribution in [0.5, 0.6) is 5.75 Å². The number of ether oxygens (including phenoxy) is 1. The number of urea groups is 1. The van der Waals surface area contributed by atoms with E-state index in [1.54, 1.807) is 25.1 Å². The summed E-state index contributed by atoms with van der Waals surface area (Å²) in [5.41, 5.74) is 5.48. The minimum atomic E-state index is -0.891. The molecule has 0 aliphatic heterocycles. The van der Waals surface area contributed by atoms with E-state index >= 15 is 0 Å². The van der Waals surface area contributed by atoms with Gasteiger partial charge in [-0.1, -0.05) is 18.5 Å². The van der Waals surface area contributed by atoms with Crippen molar-refractivity contribution in [2.24, 2.45) is 5.73 Å². The molecule has 0 fully saturated rings. The SMILES string of the molecule is CCCOc1ccc(Cl)cc1N[C@H](C)C(=O)NC(N)=O. The van der Waals surface area contributed by atoms with Gasteiger partial charge in [0.25, 0.3) is 0 Å². The highest BCUT2D eigenvalue weighted by molar-refractivity contribution is 6.31. The fourth-order valence-electron chi connectivity index (χ4n) is 1.48. The number of imide groups is 1. The normalized spacial score (nSPS) is 11.6. The zero-order valence-electron chi connectivity index (χ0n) is 11.4. The van der Waals surface area contributed by atoms with Gasteiger partial charge in [0.15, 0.2) is 0 Å². The third-order valence-corrected chi connectivity index (χ3v) is 2.65. The van der Waals surface area contributed by atoms with Crippen LogP contribution in [0.2, 0.25) is 5.02 Å². The Morgan fingerprint density at radius 1 is 1.45 bits per heavy atom. The molecule has 3 amide bonds. The number of carbonyl (C=O) groups is 2. The molecule has 0 aromatic heterocycles. The molecule has 0 aliphatic carbocycles. The van der Waals surface area contributed by atoms with Crippen LogP contribution in [0, 0.1) is 0 Å². The van der Waals surface area contributed by atoms with Crippen molar-refractivity contribution in [2.45, 2.75) is 26.3 Å². The molecule has 0 spiro atoms. The summed E-state index contributed by atoms with van der Waals surface area (Å²) < 4.78 is 5.56. The van der Waals surface area contributed by atoms with E-state index < -0.39 is 18.0 Å². The fourth-order valence-corrected chi connectivity index (χ4v) is 1.65. The third kappa shape index (κ3) is 4.97. The number of amides is 3. The van der Waals surface area contributed by atoms with Gasteiger partial charge < -0.3 is 15.8 Å². The first-order chi connectivity index (χ1) is 9.43. The Morgan fingerprint density at radius 2 is 2.15 bits per heavy atom. The molecule has 20 heavy (non-hydrogen) atoms. The van der Waals surface area contributed by atoms with Crippen molar-refractivity contribution in [3.8, 4) is 5.75 Å². The molecule has 0 aliphatic rings. The number of rotatable bonds is 6. The van der Waals surface area contributed by atoms with Gasteiger partial charge in [0.2, 0.25) is 5.91 Å². The van der Waals surface area contributed by atoms with Crippen molar-refractivity contribution in [2.75, 3.05) is 11.9 Å². The van der Waals surface area contributed by atoms with Gasteiger partial charge >= 0.3 is 6.03 Å². The predicted octanol–water partition coefficient (Wildman–Crippen LogP) is 2.12. The maximum absolute atomic E-state index is 11.6. The molecule has 4 N–H and O–H groups in total. The molecule has 1 atom stereocenters. The van der Waals surface area contributed by atoms with Crippen LogP contribution in [0.1, 0.15) is 20.3 Å². The second-order valence-corrected chi connectivity index (χ2v) is 4.64. The van der Waals surface area contributed by atoms with E-state index in [2.05, 4.69) is 5.32 Å². The highest BCUT2D eigenvalue weighted by Crippen LogP contribution is 2.28. The lowest BCUT2D eigenvalue weighted by Crippen LogP contribution is -2.43. The van der Waals surface area contributed by atoms with Gasteiger partial charge in [0, 0.05) is 5.02 Å². The Labute approximate surface area is 122 Å². The summed E-state index contributed by atoms with van der Waals surface area (Å²) in [6.07, 6.45) is 0.861. The summed E-state index contributed by atoms with van der Waals surface area (Å²) in [6, 6.07) is 3.52. The fraction of sp³-hybridized carbons (Fsp3) is 0.385. The summed E-state index contributed by atoms with van der Waals surface area (Å²) in [5, 5.41) is 5.45. The summed E-state index contributed by atoms with van der Waals surface area (Å²) in [5.74, 6) is 0.0638. The Bertz CT molecular complexity index is 494. The lowest BCUT2D eigenvalue weighted by Gasteiger charge is -2.17. The molecular formula is C13H18ClN3O3. The third-order valence-electron chi connectivity index (χ3n) is 2.41. The molecule has 0 saturated carbocycles. The van der Waals surface area contributed by atoms with Crippen LogP contribution in [0.3, 0.4) is 0 Å². The second-order valence-electron chi connectivity index (χ2n) is 4.21. The number of hydrogen-bond acceptors (Lipinski definition) is 4. The molecule has 0 radical (unpaired) electrons. The lowest BCUT2D eigenvalue weighted by molar-refractivity contribution is -0.120. The van der Waals surface area contributed by atoms with Crippen LogP contribution in [0.25, 0.3) is 0 Å². The van der Waals surface area contributed by atoms with Crippen molar-refractivity contribution in [3.63, 3.8) is 0 Å². The minimum absolute atomic E-state index is 0.513. The summed E-state index contributed by atoms with van der Waals surface area (Å²) in [7, 11) is 0. The van der Waals surface area contributed by atoms with E-state index in [1.807, 2.05) is 12.2 Å². The van der Waals surface area contributed by atoms with E-state index in [-0.39, 0.29) is 0 Å². The molecular weight excluding hydrogens is 282 g/mol. The highest BCUT2D eigenvalue weighted by Gasteiger charge is 2.16. The van der Waals surface area contributed by atoms with Gasteiger partial charge in [0.1, 0.15) is 11.8 Å². The molecule has 0 heterocycles. The maximum Gasteiger partial charge on any atom is 0.318 e. The Morgan fingerprint density at radius 3 is 2.75 bits per heavy atom. The predicted molar refractivity (Wildman–Crippen MR) is 78.0 cm³/mol. The Balaban J connectivity index is 2.81. The van der Waals surface area contributed by atoms with Crippen LogP contribution >= 0.6 is 11.6 Å². The van der Waals surface area contributed by atoms with Crippen molar-refractivity contribution >= 4 is 29.2 Å². The van der Waals surface area contributed by atoms with Crippen molar-refractivity contribution in [1.82, 2.24) is 5.32 Å². The smallest absolute Gasteiger partial charge is 0.318 e. The molecule has 7 heteroatoms. The van der Waals surface area contributed by atoms with E-state index in [0.29, 0.717) is 23.1 Å². The zero-order valence-corrected chi connectivity index (χ0v) is 12.2. The van der Waals surface area contributed by atoms with Gasteiger partial charge in [-0.15, -0.1) is 0 Å². The van der Waals surface area contributed by atoms with Crippen LogP contribution in [-0.2, 0) is 4.79 Å². The van der Waals surface area contributed by atoms with Crippen molar-refractivity contribution in [3.05, 3.63) is 23.2 Å². The maximum atomic E-state index is 11.6. The van der Waals surface area contributed by atoms with E-state index in [4.69, 9.17) is 22.1 Å². The first-order valence-corrected chi connectivity index (χ1v) is 6.61. The molecule has 0 saturated heterocycles.